The third kappa shape index (κ3) is 3.81. The lowest BCUT2D eigenvalue weighted by atomic mass is 9.79. The van der Waals surface area contributed by atoms with Crippen LogP contribution >= 0.6 is 0 Å². The fourth-order valence-electron chi connectivity index (χ4n) is 5.32. The molecule has 3 aromatic carbocycles. The van der Waals surface area contributed by atoms with Gasteiger partial charge < -0.3 is 0 Å². The van der Waals surface area contributed by atoms with E-state index in [2.05, 4.69) is 77.2 Å². The van der Waals surface area contributed by atoms with E-state index in [9.17, 15) is 0 Å². The molecule has 0 amide bonds. The maximum Gasteiger partial charge on any atom is 0.251 e. The highest BCUT2D eigenvalue weighted by Gasteiger charge is 2.34. The first-order valence-electron chi connectivity index (χ1n) is 12.8. The quantitative estimate of drug-likeness (QED) is 0.271. The van der Waals surface area contributed by atoms with Crippen LogP contribution in [0.25, 0.3) is 39.5 Å². The molecule has 0 N–H and O–H groups in total. The number of nitrogens with zero attached hydrogens (tertiary/aromatic N) is 4. The summed E-state index contributed by atoms with van der Waals surface area (Å²) in [4.78, 5) is 10.1. The van der Waals surface area contributed by atoms with Crippen LogP contribution < -0.4 is 0 Å². The zero-order chi connectivity index (χ0) is 25.1. The van der Waals surface area contributed by atoms with Gasteiger partial charge in [-0.2, -0.15) is 5.10 Å². The SMILES string of the molecule is CC(C)(C)c1cc(-c2cn3nc(-c4ccccc4)c(-c4ccccc4)nc3n2)c2c(c1)C(C)(C)CC2. The van der Waals surface area contributed by atoms with E-state index in [1.54, 1.807) is 0 Å². The van der Waals surface area contributed by atoms with Crippen molar-refractivity contribution in [3.05, 3.63) is 95.7 Å². The molecule has 2 heterocycles. The maximum absolute atomic E-state index is 5.05. The Morgan fingerprint density at radius 3 is 2.08 bits per heavy atom. The Kier molecular flexibility index (Phi) is 5.11. The molecule has 1 aliphatic carbocycles. The Labute approximate surface area is 213 Å². The molecule has 0 bridgehead atoms. The Morgan fingerprint density at radius 1 is 0.806 bits per heavy atom. The molecule has 0 fully saturated rings. The van der Waals surface area contributed by atoms with Crippen molar-refractivity contribution in [1.82, 2.24) is 19.6 Å². The molecule has 0 unspecified atom stereocenters. The first-order chi connectivity index (χ1) is 17.2. The third-order valence-electron chi connectivity index (χ3n) is 7.53. The summed E-state index contributed by atoms with van der Waals surface area (Å²) in [5.74, 6) is 0.621. The Bertz CT molecular complexity index is 1500. The Morgan fingerprint density at radius 2 is 1.44 bits per heavy atom. The van der Waals surface area contributed by atoms with E-state index in [0.29, 0.717) is 5.78 Å². The molecule has 0 spiro atoms. The molecule has 2 aromatic heterocycles. The van der Waals surface area contributed by atoms with Crippen LogP contribution in [0.4, 0.5) is 0 Å². The zero-order valence-electron chi connectivity index (χ0n) is 21.7. The second-order valence-electron chi connectivity index (χ2n) is 11.6. The summed E-state index contributed by atoms with van der Waals surface area (Å²) < 4.78 is 1.85. The van der Waals surface area contributed by atoms with Crippen LogP contribution in [0.5, 0.6) is 0 Å². The average Bonchev–Trinajstić information content (AvgIpc) is 3.43. The van der Waals surface area contributed by atoms with Gasteiger partial charge in [0.1, 0.15) is 11.4 Å². The predicted octanol–water partition coefficient (Wildman–Crippen LogP) is 7.65. The molecule has 4 heteroatoms. The first-order valence-corrected chi connectivity index (χ1v) is 12.8. The van der Waals surface area contributed by atoms with Crippen LogP contribution in [-0.2, 0) is 17.3 Å². The van der Waals surface area contributed by atoms with Crippen molar-refractivity contribution in [3.63, 3.8) is 0 Å². The molecule has 6 rings (SSSR count). The lowest BCUT2D eigenvalue weighted by Gasteiger charge is -2.25. The molecule has 0 saturated carbocycles. The largest absolute Gasteiger partial charge is 0.251 e. The second-order valence-corrected chi connectivity index (χ2v) is 11.6. The van der Waals surface area contributed by atoms with Crippen molar-refractivity contribution in [3.8, 4) is 33.8 Å². The molecule has 36 heavy (non-hydrogen) atoms. The van der Waals surface area contributed by atoms with Crippen molar-refractivity contribution in [1.29, 1.82) is 0 Å². The number of aromatic nitrogens is 4. The minimum atomic E-state index is 0.0546. The number of rotatable bonds is 3. The molecular formula is C32H32N4. The maximum atomic E-state index is 5.05. The highest BCUT2D eigenvalue weighted by molar-refractivity contribution is 5.79. The fourth-order valence-corrected chi connectivity index (χ4v) is 5.32. The third-order valence-corrected chi connectivity index (χ3v) is 7.53. The van der Waals surface area contributed by atoms with Gasteiger partial charge in [0.2, 0.25) is 0 Å². The van der Waals surface area contributed by atoms with Crippen molar-refractivity contribution in [2.24, 2.45) is 0 Å². The highest BCUT2D eigenvalue weighted by atomic mass is 15.3. The first kappa shape index (κ1) is 22.7. The normalized spacial score (nSPS) is 14.8. The van der Waals surface area contributed by atoms with Crippen molar-refractivity contribution in [2.75, 3.05) is 0 Å². The molecule has 0 aliphatic heterocycles. The highest BCUT2D eigenvalue weighted by Crippen LogP contribution is 2.45. The van der Waals surface area contributed by atoms with E-state index in [1.165, 1.54) is 22.3 Å². The molecule has 0 atom stereocenters. The average molecular weight is 473 g/mol. The monoisotopic (exact) mass is 472 g/mol. The number of imidazole rings is 1. The van der Waals surface area contributed by atoms with Crippen LogP contribution in [0.2, 0.25) is 0 Å². The van der Waals surface area contributed by atoms with Crippen molar-refractivity contribution in [2.45, 2.75) is 58.3 Å². The Balaban J connectivity index is 1.59. The number of fused-ring (bicyclic) bond motifs is 2. The molecule has 5 aromatic rings. The van der Waals surface area contributed by atoms with Gasteiger partial charge in [0, 0.05) is 16.7 Å². The minimum Gasteiger partial charge on any atom is -0.209 e. The van der Waals surface area contributed by atoms with Crippen LogP contribution in [0, 0.1) is 0 Å². The summed E-state index contributed by atoms with van der Waals surface area (Å²) in [5.41, 5.74) is 10.4. The molecule has 0 saturated heterocycles. The van der Waals surface area contributed by atoms with Crippen LogP contribution in [0.3, 0.4) is 0 Å². The lowest BCUT2D eigenvalue weighted by molar-refractivity contribution is 0.519. The van der Waals surface area contributed by atoms with E-state index in [-0.39, 0.29) is 10.8 Å². The van der Waals surface area contributed by atoms with Gasteiger partial charge in [-0.1, -0.05) is 101 Å². The molecule has 1 aliphatic rings. The van der Waals surface area contributed by atoms with E-state index in [4.69, 9.17) is 15.1 Å². The summed E-state index contributed by atoms with van der Waals surface area (Å²) in [7, 11) is 0. The summed E-state index contributed by atoms with van der Waals surface area (Å²) >= 11 is 0. The number of benzene rings is 3. The smallest absolute Gasteiger partial charge is 0.209 e. The molecule has 180 valence electrons. The van der Waals surface area contributed by atoms with E-state index >= 15 is 0 Å². The van der Waals surface area contributed by atoms with Gasteiger partial charge >= 0.3 is 0 Å². The van der Waals surface area contributed by atoms with Gasteiger partial charge in [-0.05, 0) is 46.4 Å². The summed E-state index contributed by atoms with van der Waals surface area (Å²) in [6.07, 6.45) is 4.28. The predicted molar refractivity (Wildman–Crippen MR) is 147 cm³/mol. The molecule has 4 nitrogen and oxygen atoms in total. The number of hydrogen-bond acceptors (Lipinski definition) is 3. The standard InChI is InChI=1S/C32H32N4/c1-31(2,3)23-18-25(24-16-17-32(4,5)26(24)19-23)27-20-36-30(33-27)34-28(21-12-8-6-9-13-21)29(35-36)22-14-10-7-11-15-22/h6-15,18-20H,16-17H2,1-5H3. The van der Waals surface area contributed by atoms with Gasteiger partial charge in [-0.25, -0.2) is 14.5 Å². The van der Waals surface area contributed by atoms with E-state index in [0.717, 1.165) is 41.1 Å². The number of hydrogen-bond donors (Lipinski definition) is 0. The van der Waals surface area contributed by atoms with Gasteiger partial charge in [0.25, 0.3) is 5.78 Å². The molecular weight excluding hydrogens is 440 g/mol. The Hall–Kier alpha value is -3.79. The summed E-state index contributed by atoms with van der Waals surface area (Å²) in [6, 6.07) is 25.3. The van der Waals surface area contributed by atoms with Gasteiger partial charge in [0.15, 0.2) is 0 Å². The van der Waals surface area contributed by atoms with Gasteiger partial charge in [0.05, 0.1) is 11.9 Å². The van der Waals surface area contributed by atoms with Crippen molar-refractivity contribution < 1.29 is 0 Å². The summed E-state index contributed by atoms with van der Waals surface area (Å²) in [6.45, 7) is 11.6. The van der Waals surface area contributed by atoms with Crippen LogP contribution in [0.1, 0.15) is 57.7 Å². The molecule has 0 radical (unpaired) electrons. The van der Waals surface area contributed by atoms with Gasteiger partial charge in [-0.15, -0.1) is 0 Å². The van der Waals surface area contributed by atoms with E-state index in [1.807, 2.05) is 40.9 Å². The topological polar surface area (TPSA) is 43.1 Å². The zero-order valence-corrected chi connectivity index (χ0v) is 21.7. The minimum absolute atomic E-state index is 0.0546. The van der Waals surface area contributed by atoms with Crippen LogP contribution in [-0.4, -0.2) is 19.6 Å². The second kappa shape index (κ2) is 8.12. The summed E-state index contributed by atoms with van der Waals surface area (Å²) in [5, 5.41) is 5.05. The van der Waals surface area contributed by atoms with Gasteiger partial charge in [-0.3, -0.25) is 0 Å². The lowest BCUT2D eigenvalue weighted by Crippen LogP contribution is -2.16. The fraction of sp³-hybridized carbons (Fsp3) is 0.281. The van der Waals surface area contributed by atoms with Crippen molar-refractivity contribution >= 4 is 5.78 Å². The van der Waals surface area contributed by atoms with Crippen LogP contribution in [0.15, 0.2) is 79.0 Å². The van der Waals surface area contributed by atoms with E-state index < -0.39 is 0 Å².